The number of nitrogens with one attached hydrogen (secondary N) is 1. The van der Waals surface area contributed by atoms with Gasteiger partial charge in [-0.05, 0) is 50.0 Å². The van der Waals surface area contributed by atoms with Gasteiger partial charge in [0.05, 0.1) is 6.61 Å². The van der Waals surface area contributed by atoms with Gasteiger partial charge in [0.15, 0.2) is 17.6 Å². The van der Waals surface area contributed by atoms with Crippen LogP contribution in [-0.4, -0.2) is 60.9 Å². The van der Waals surface area contributed by atoms with E-state index in [-0.39, 0.29) is 24.7 Å². The van der Waals surface area contributed by atoms with Gasteiger partial charge in [-0.25, -0.2) is 0 Å². The van der Waals surface area contributed by atoms with Crippen molar-refractivity contribution in [3.8, 4) is 11.5 Å². The van der Waals surface area contributed by atoms with E-state index >= 15 is 0 Å². The average molecular weight is 318 g/mol. The lowest BCUT2D eigenvalue weighted by Gasteiger charge is -2.44. The number of hydrogen-bond acceptors (Lipinski definition) is 5. The highest BCUT2D eigenvalue weighted by Crippen LogP contribution is 2.33. The smallest absolute Gasteiger partial charge is 0.251 e. The summed E-state index contributed by atoms with van der Waals surface area (Å²) in [4.78, 5) is 14.9. The Morgan fingerprint density at radius 3 is 2.83 bits per heavy atom. The Bertz CT molecular complexity index is 598. The van der Waals surface area contributed by atoms with Crippen LogP contribution in [0.5, 0.6) is 11.5 Å². The van der Waals surface area contributed by atoms with Crippen molar-refractivity contribution in [2.45, 2.75) is 25.0 Å². The highest BCUT2D eigenvalue weighted by atomic mass is 16.6. The van der Waals surface area contributed by atoms with Crippen molar-refractivity contribution in [1.82, 2.24) is 10.2 Å². The third-order valence-corrected chi connectivity index (χ3v) is 5.10. The molecule has 124 valence electrons. The number of amides is 1. The normalized spacial score (nSPS) is 31.7. The van der Waals surface area contributed by atoms with Crippen molar-refractivity contribution in [3.05, 3.63) is 23.8 Å². The standard InChI is InChI=1S/C17H22N2O4/c20-9-13-10-22-16-7-12(1-2-15(16)23-13)17(21)18-14-8-19-5-3-11(14)4-6-19/h1-2,7,11,13-14,20H,3-6,8-10H2,(H,18,21). The second-order valence-corrected chi connectivity index (χ2v) is 6.61. The number of carbonyl (C=O) groups excluding carboxylic acids is 1. The second kappa shape index (κ2) is 6.02. The van der Waals surface area contributed by atoms with Gasteiger partial charge in [-0.1, -0.05) is 0 Å². The lowest BCUT2D eigenvalue weighted by Crippen LogP contribution is -2.57. The van der Waals surface area contributed by atoms with Crippen LogP contribution in [0.2, 0.25) is 0 Å². The minimum absolute atomic E-state index is 0.0561. The molecule has 5 rings (SSSR count). The van der Waals surface area contributed by atoms with E-state index in [1.54, 1.807) is 18.2 Å². The first-order chi connectivity index (χ1) is 11.2. The summed E-state index contributed by atoms with van der Waals surface area (Å²) in [7, 11) is 0. The summed E-state index contributed by atoms with van der Waals surface area (Å²) in [6.07, 6.45) is 2.01. The van der Waals surface area contributed by atoms with Crippen LogP contribution in [0.15, 0.2) is 18.2 Å². The lowest BCUT2D eigenvalue weighted by molar-refractivity contribution is 0.0454. The monoisotopic (exact) mass is 318 g/mol. The number of piperidine rings is 3. The molecule has 4 aliphatic heterocycles. The molecule has 1 amide bonds. The zero-order valence-corrected chi connectivity index (χ0v) is 13.0. The minimum atomic E-state index is -0.339. The van der Waals surface area contributed by atoms with Crippen LogP contribution >= 0.6 is 0 Å². The van der Waals surface area contributed by atoms with Gasteiger partial charge in [-0.15, -0.1) is 0 Å². The summed E-state index contributed by atoms with van der Waals surface area (Å²) >= 11 is 0. The van der Waals surface area contributed by atoms with Crippen molar-refractivity contribution in [2.75, 3.05) is 32.8 Å². The van der Waals surface area contributed by atoms with E-state index in [9.17, 15) is 4.79 Å². The number of aliphatic hydroxyl groups is 1. The van der Waals surface area contributed by atoms with Crippen molar-refractivity contribution in [1.29, 1.82) is 0 Å². The number of rotatable bonds is 3. The minimum Gasteiger partial charge on any atom is -0.486 e. The number of benzene rings is 1. The Hall–Kier alpha value is -1.79. The van der Waals surface area contributed by atoms with Gasteiger partial charge < -0.3 is 24.8 Å². The van der Waals surface area contributed by atoms with Crippen molar-refractivity contribution >= 4 is 5.91 Å². The number of nitrogens with zero attached hydrogens (tertiary/aromatic N) is 1. The van der Waals surface area contributed by atoms with E-state index in [0.29, 0.717) is 29.6 Å². The predicted octanol–water partition coefficient (Wildman–Crippen LogP) is 0.643. The van der Waals surface area contributed by atoms with E-state index in [1.165, 1.54) is 12.8 Å². The van der Waals surface area contributed by atoms with Crippen molar-refractivity contribution in [3.63, 3.8) is 0 Å². The van der Waals surface area contributed by atoms with Gasteiger partial charge in [-0.2, -0.15) is 0 Å². The van der Waals surface area contributed by atoms with Crippen LogP contribution < -0.4 is 14.8 Å². The van der Waals surface area contributed by atoms with Crippen LogP contribution in [0.25, 0.3) is 0 Å². The van der Waals surface area contributed by atoms with Crippen LogP contribution in [0.1, 0.15) is 23.2 Å². The molecule has 23 heavy (non-hydrogen) atoms. The molecule has 1 aromatic rings. The Balaban J connectivity index is 1.45. The van der Waals surface area contributed by atoms with Gasteiger partial charge in [0.1, 0.15) is 6.61 Å². The van der Waals surface area contributed by atoms with E-state index in [0.717, 1.165) is 19.6 Å². The first-order valence-corrected chi connectivity index (χ1v) is 8.30. The van der Waals surface area contributed by atoms with Crippen LogP contribution in [-0.2, 0) is 0 Å². The molecule has 2 bridgehead atoms. The predicted molar refractivity (Wildman–Crippen MR) is 83.9 cm³/mol. The molecule has 0 aliphatic carbocycles. The highest BCUT2D eigenvalue weighted by molar-refractivity contribution is 5.95. The summed E-state index contributed by atoms with van der Waals surface area (Å²) in [5.74, 6) is 1.69. The van der Waals surface area contributed by atoms with Gasteiger partial charge in [0.25, 0.3) is 5.91 Å². The Morgan fingerprint density at radius 2 is 2.13 bits per heavy atom. The van der Waals surface area contributed by atoms with Crippen LogP contribution in [0.3, 0.4) is 0 Å². The molecule has 4 aliphatic rings. The van der Waals surface area contributed by atoms with E-state index in [1.807, 2.05) is 0 Å². The topological polar surface area (TPSA) is 71.0 Å². The van der Waals surface area contributed by atoms with Gasteiger partial charge in [0, 0.05) is 18.2 Å². The summed E-state index contributed by atoms with van der Waals surface area (Å²) in [5.41, 5.74) is 0.589. The Kier molecular flexibility index (Phi) is 3.87. The number of aliphatic hydroxyl groups excluding tert-OH is 1. The molecule has 2 N–H and O–H groups in total. The number of ether oxygens (including phenoxy) is 2. The largest absolute Gasteiger partial charge is 0.486 e. The maximum atomic E-state index is 12.5. The first kappa shape index (κ1) is 14.8. The average Bonchev–Trinajstić information content (AvgIpc) is 2.61. The maximum absolute atomic E-state index is 12.5. The lowest BCUT2D eigenvalue weighted by atomic mass is 9.84. The summed E-state index contributed by atoms with van der Waals surface area (Å²) < 4.78 is 11.2. The Morgan fingerprint density at radius 1 is 1.30 bits per heavy atom. The molecule has 1 aromatic carbocycles. The summed E-state index contributed by atoms with van der Waals surface area (Å²) in [6, 6.07) is 5.46. The molecular formula is C17H22N2O4. The molecule has 4 heterocycles. The SMILES string of the molecule is O=C(NC1CN2CCC1CC2)c1ccc2c(c1)OCC(CO)O2. The number of fused-ring (bicyclic) bond motifs is 4. The van der Waals surface area contributed by atoms with Gasteiger partial charge >= 0.3 is 0 Å². The fourth-order valence-electron chi connectivity index (χ4n) is 3.73. The fourth-order valence-corrected chi connectivity index (χ4v) is 3.73. The zero-order chi connectivity index (χ0) is 15.8. The van der Waals surface area contributed by atoms with E-state index in [2.05, 4.69) is 10.2 Å². The molecule has 3 fully saturated rings. The second-order valence-electron chi connectivity index (χ2n) is 6.61. The maximum Gasteiger partial charge on any atom is 0.251 e. The summed E-state index contributed by atoms with van der Waals surface area (Å²) in [6.45, 7) is 3.49. The van der Waals surface area contributed by atoms with Crippen molar-refractivity contribution in [2.24, 2.45) is 5.92 Å². The van der Waals surface area contributed by atoms with Gasteiger partial charge in [0.2, 0.25) is 0 Å². The van der Waals surface area contributed by atoms with Crippen LogP contribution in [0.4, 0.5) is 0 Å². The fraction of sp³-hybridized carbons (Fsp3) is 0.588. The molecule has 6 nitrogen and oxygen atoms in total. The van der Waals surface area contributed by atoms with Gasteiger partial charge in [-0.3, -0.25) is 4.79 Å². The molecule has 0 spiro atoms. The molecule has 0 saturated carbocycles. The molecule has 6 heteroatoms. The quantitative estimate of drug-likeness (QED) is 0.856. The Labute approximate surface area is 135 Å². The molecule has 3 saturated heterocycles. The number of carbonyl (C=O) groups is 1. The molecule has 0 aromatic heterocycles. The summed E-state index contributed by atoms with van der Waals surface area (Å²) in [5, 5.41) is 12.3. The molecular weight excluding hydrogens is 296 g/mol. The highest BCUT2D eigenvalue weighted by Gasteiger charge is 2.35. The molecule has 2 atom stereocenters. The van der Waals surface area contributed by atoms with Crippen molar-refractivity contribution < 1.29 is 19.4 Å². The zero-order valence-electron chi connectivity index (χ0n) is 13.0. The molecule has 2 unspecified atom stereocenters. The van der Waals surface area contributed by atoms with Crippen LogP contribution in [0, 0.1) is 5.92 Å². The third-order valence-electron chi connectivity index (χ3n) is 5.10. The third kappa shape index (κ3) is 2.88. The van der Waals surface area contributed by atoms with E-state index < -0.39 is 0 Å². The van der Waals surface area contributed by atoms with E-state index in [4.69, 9.17) is 14.6 Å². The number of hydrogen-bond donors (Lipinski definition) is 2. The first-order valence-electron chi connectivity index (χ1n) is 8.30. The molecule has 0 radical (unpaired) electrons.